The average Bonchev–Trinajstić information content (AvgIpc) is 3.19. The zero-order chi connectivity index (χ0) is 18.8. The fourth-order valence-electron chi connectivity index (χ4n) is 3.45. The van der Waals surface area contributed by atoms with Crippen molar-refractivity contribution in [3.8, 4) is 22.3 Å². The minimum Gasteiger partial charge on any atom is -0.462 e. The van der Waals surface area contributed by atoms with Crippen LogP contribution in [0.5, 0.6) is 0 Å². The van der Waals surface area contributed by atoms with Gasteiger partial charge < -0.3 is 9.30 Å². The molecule has 0 spiro atoms. The van der Waals surface area contributed by atoms with E-state index >= 15 is 0 Å². The number of nitrogens with zero attached hydrogens (tertiary/aromatic N) is 1. The van der Waals surface area contributed by atoms with E-state index in [0.29, 0.717) is 28.3 Å². The molecular weight excluding hydrogens is 358 g/mol. The minimum absolute atomic E-state index is 0.0619. The number of rotatable bonds is 4. The van der Waals surface area contributed by atoms with E-state index < -0.39 is 0 Å². The third kappa shape index (κ3) is 3.08. The van der Waals surface area contributed by atoms with Gasteiger partial charge in [0.25, 0.3) is 5.56 Å². The number of carbonyl (C=O) groups is 1. The summed E-state index contributed by atoms with van der Waals surface area (Å²) in [6, 6.07) is 19.2. The Kier molecular flexibility index (Phi) is 4.86. The number of ether oxygens (including phenoxy) is 1. The Morgan fingerprint density at radius 1 is 1.00 bits per heavy atom. The van der Waals surface area contributed by atoms with E-state index in [-0.39, 0.29) is 18.1 Å². The quantitative estimate of drug-likeness (QED) is 0.630. The molecule has 2 heterocycles. The van der Waals surface area contributed by atoms with Crippen LogP contribution < -0.4 is 5.56 Å². The van der Waals surface area contributed by atoms with Gasteiger partial charge in [0.2, 0.25) is 0 Å². The van der Waals surface area contributed by atoms with E-state index in [1.54, 1.807) is 11.5 Å². The van der Waals surface area contributed by atoms with Crippen molar-refractivity contribution in [1.29, 1.82) is 0 Å². The van der Waals surface area contributed by atoms with Crippen LogP contribution in [0.3, 0.4) is 0 Å². The lowest BCUT2D eigenvalue weighted by Crippen LogP contribution is -2.25. The van der Waals surface area contributed by atoms with E-state index in [4.69, 9.17) is 4.74 Å². The number of benzene rings is 2. The second-order valence-corrected chi connectivity index (χ2v) is 7.27. The Morgan fingerprint density at radius 2 is 1.59 bits per heavy atom. The van der Waals surface area contributed by atoms with Gasteiger partial charge in [-0.3, -0.25) is 4.79 Å². The van der Waals surface area contributed by atoms with Crippen molar-refractivity contribution in [2.45, 2.75) is 18.5 Å². The predicted molar refractivity (Wildman–Crippen MR) is 108 cm³/mol. The molecular formula is C22H19NO3S. The van der Waals surface area contributed by atoms with Crippen LogP contribution in [-0.2, 0) is 11.3 Å². The molecule has 0 aliphatic carbocycles. The maximum atomic E-state index is 13.4. The summed E-state index contributed by atoms with van der Waals surface area (Å²) in [5.74, 6) is 0.389. The van der Waals surface area contributed by atoms with Gasteiger partial charge in [0, 0.05) is 17.9 Å². The van der Waals surface area contributed by atoms with Crippen LogP contribution in [0.1, 0.15) is 17.3 Å². The molecule has 0 bridgehead atoms. The highest BCUT2D eigenvalue weighted by molar-refractivity contribution is 7.99. The number of hydrogen-bond donors (Lipinski definition) is 0. The first-order valence-corrected chi connectivity index (χ1v) is 9.92. The van der Waals surface area contributed by atoms with Gasteiger partial charge in [0.05, 0.1) is 22.8 Å². The third-order valence-corrected chi connectivity index (χ3v) is 5.66. The Balaban J connectivity index is 2.14. The van der Waals surface area contributed by atoms with Gasteiger partial charge in [-0.2, -0.15) is 0 Å². The van der Waals surface area contributed by atoms with Crippen molar-refractivity contribution in [1.82, 2.24) is 4.57 Å². The number of thioether (sulfide) groups is 1. The van der Waals surface area contributed by atoms with Gasteiger partial charge in [-0.05, 0) is 18.1 Å². The topological polar surface area (TPSA) is 48.3 Å². The van der Waals surface area contributed by atoms with Crippen LogP contribution in [0.2, 0.25) is 0 Å². The van der Waals surface area contributed by atoms with Crippen molar-refractivity contribution in [3.05, 3.63) is 76.6 Å². The molecule has 0 N–H and O–H groups in total. The van der Waals surface area contributed by atoms with Crippen molar-refractivity contribution < 1.29 is 9.53 Å². The normalized spacial score (nSPS) is 12.6. The fraction of sp³-hybridized carbons (Fsp3) is 0.182. The zero-order valence-electron chi connectivity index (χ0n) is 15.0. The number of carbonyl (C=O) groups excluding carboxylic acids is 1. The summed E-state index contributed by atoms with van der Waals surface area (Å²) in [6.45, 7) is 2.68. The maximum Gasteiger partial charge on any atom is 0.341 e. The van der Waals surface area contributed by atoms with Crippen LogP contribution >= 0.6 is 11.8 Å². The van der Waals surface area contributed by atoms with Crippen molar-refractivity contribution in [2.24, 2.45) is 0 Å². The molecule has 4 nitrogen and oxygen atoms in total. The summed E-state index contributed by atoms with van der Waals surface area (Å²) in [5.41, 5.74) is 3.28. The molecule has 0 saturated heterocycles. The Morgan fingerprint density at radius 3 is 2.19 bits per heavy atom. The number of esters is 1. The Labute approximate surface area is 161 Å². The molecule has 0 saturated carbocycles. The van der Waals surface area contributed by atoms with Crippen LogP contribution in [0.4, 0.5) is 0 Å². The molecule has 4 rings (SSSR count). The van der Waals surface area contributed by atoms with Gasteiger partial charge in [-0.15, -0.1) is 11.8 Å². The predicted octanol–water partition coefficient (Wildman–Crippen LogP) is 4.46. The first-order chi connectivity index (χ1) is 13.2. The van der Waals surface area contributed by atoms with Crippen LogP contribution in [-0.4, -0.2) is 22.9 Å². The SMILES string of the molecule is CCOC(=O)c1c(-c2ccccc2)c(-c2ccccc2)c(=O)n2c1SCC2. The average molecular weight is 377 g/mol. The number of aromatic nitrogens is 1. The molecule has 3 aromatic rings. The highest BCUT2D eigenvalue weighted by Gasteiger charge is 2.30. The lowest BCUT2D eigenvalue weighted by molar-refractivity contribution is 0.0521. The summed E-state index contributed by atoms with van der Waals surface area (Å²) < 4.78 is 7.09. The van der Waals surface area contributed by atoms with Crippen LogP contribution in [0.15, 0.2) is 70.5 Å². The lowest BCUT2D eigenvalue weighted by atomic mass is 9.92. The minimum atomic E-state index is -0.383. The van der Waals surface area contributed by atoms with Gasteiger partial charge in [-0.25, -0.2) is 4.79 Å². The molecule has 0 unspecified atom stereocenters. The summed E-state index contributed by atoms with van der Waals surface area (Å²) in [5, 5.41) is 0.706. The smallest absolute Gasteiger partial charge is 0.341 e. The fourth-order valence-corrected chi connectivity index (χ4v) is 4.57. The molecule has 136 valence electrons. The molecule has 0 amide bonds. The van der Waals surface area contributed by atoms with E-state index in [2.05, 4.69) is 0 Å². The van der Waals surface area contributed by atoms with Crippen LogP contribution in [0.25, 0.3) is 22.3 Å². The molecule has 0 atom stereocenters. The lowest BCUT2D eigenvalue weighted by Gasteiger charge is -2.18. The first kappa shape index (κ1) is 17.6. The van der Waals surface area contributed by atoms with Crippen molar-refractivity contribution >= 4 is 17.7 Å². The Hall–Kier alpha value is -2.79. The summed E-state index contributed by atoms with van der Waals surface area (Å²) in [4.78, 5) is 26.3. The zero-order valence-corrected chi connectivity index (χ0v) is 15.8. The molecule has 0 radical (unpaired) electrons. The summed E-state index contributed by atoms with van der Waals surface area (Å²) in [6.07, 6.45) is 0. The highest BCUT2D eigenvalue weighted by Crippen LogP contribution is 2.40. The number of hydrogen-bond acceptors (Lipinski definition) is 4. The van der Waals surface area contributed by atoms with E-state index in [1.165, 1.54) is 11.8 Å². The molecule has 1 aliphatic heterocycles. The Bertz CT molecular complexity index is 1040. The second kappa shape index (κ2) is 7.45. The molecule has 27 heavy (non-hydrogen) atoms. The van der Waals surface area contributed by atoms with Gasteiger partial charge >= 0.3 is 5.97 Å². The van der Waals surface area contributed by atoms with E-state index in [9.17, 15) is 9.59 Å². The molecule has 1 aliphatic rings. The maximum absolute atomic E-state index is 13.4. The number of fused-ring (bicyclic) bond motifs is 1. The van der Waals surface area contributed by atoms with E-state index in [0.717, 1.165) is 16.9 Å². The molecule has 0 fully saturated rings. The third-order valence-electron chi connectivity index (χ3n) is 4.58. The largest absolute Gasteiger partial charge is 0.462 e. The highest BCUT2D eigenvalue weighted by atomic mass is 32.2. The van der Waals surface area contributed by atoms with E-state index in [1.807, 2.05) is 60.7 Å². The van der Waals surface area contributed by atoms with Gasteiger partial charge in [0.1, 0.15) is 0 Å². The van der Waals surface area contributed by atoms with Gasteiger partial charge in [-0.1, -0.05) is 60.7 Å². The van der Waals surface area contributed by atoms with Crippen molar-refractivity contribution in [3.63, 3.8) is 0 Å². The molecule has 2 aromatic carbocycles. The molecule has 5 heteroatoms. The molecule has 1 aromatic heterocycles. The standard InChI is InChI=1S/C22H19NO3S/c1-2-26-22(25)19-17(15-9-5-3-6-10-15)18(16-11-7-4-8-12-16)20(24)23-13-14-27-21(19)23/h3-12H,2,13-14H2,1H3. The van der Waals surface area contributed by atoms with Crippen LogP contribution in [0, 0.1) is 0 Å². The summed E-state index contributed by atoms with van der Waals surface area (Å²) in [7, 11) is 0. The monoisotopic (exact) mass is 377 g/mol. The van der Waals surface area contributed by atoms with Gasteiger partial charge in [0.15, 0.2) is 0 Å². The van der Waals surface area contributed by atoms with Crippen molar-refractivity contribution in [2.75, 3.05) is 12.4 Å². The first-order valence-electron chi connectivity index (χ1n) is 8.94. The summed E-state index contributed by atoms with van der Waals surface area (Å²) >= 11 is 1.54. The second-order valence-electron chi connectivity index (χ2n) is 6.19. The number of pyridine rings is 1.